The Morgan fingerprint density at radius 3 is 2.56 bits per heavy atom. The highest BCUT2D eigenvalue weighted by atomic mass is 35.5. The van der Waals surface area contributed by atoms with Gasteiger partial charge in [0.05, 0.1) is 11.3 Å². The highest BCUT2D eigenvalue weighted by molar-refractivity contribution is 6.31. The summed E-state index contributed by atoms with van der Waals surface area (Å²) in [4.78, 5) is 16.0. The second kappa shape index (κ2) is 11.2. The third-order valence-corrected chi connectivity index (χ3v) is 8.40. The number of hydrogen-bond donors (Lipinski definition) is 1. The zero-order valence-electron chi connectivity index (χ0n) is 22.8. The number of pyridine rings is 1. The van der Waals surface area contributed by atoms with Crippen LogP contribution in [0.3, 0.4) is 0 Å². The van der Waals surface area contributed by atoms with Gasteiger partial charge in [-0.15, -0.1) is 0 Å². The van der Waals surface area contributed by atoms with Crippen LogP contribution in [0.4, 0.5) is 0 Å². The first-order valence-electron chi connectivity index (χ1n) is 13.4. The van der Waals surface area contributed by atoms with Crippen LogP contribution in [0.25, 0.3) is 5.57 Å². The van der Waals surface area contributed by atoms with Crippen LogP contribution < -0.4 is 0 Å². The Morgan fingerprint density at radius 2 is 1.90 bits per heavy atom. The van der Waals surface area contributed by atoms with Crippen LogP contribution in [0.2, 0.25) is 5.02 Å². The molecule has 0 saturated heterocycles. The van der Waals surface area contributed by atoms with Gasteiger partial charge in [0.15, 0.2) is 0 Å². The fraction of sp³-hybridized carbons (Fsp3) is 0.303. The molecule has 2 aromatic heterocycles. The van der Waals surface area contributed by atoms with Crippen molar-refractivity contribution in [2.24, 2.45) is 5.92 Å². The first-order valence-corrected chi connectivity index (χ1v) is 13.8. The summed E-state index contributed by atoms with van der Waals surface area (Å²) in [5.41, 5.74) is 10.4. The van der Waals surface area contributed by atoms with Crippen molar-refractivity contribution in [1.29, 1.82) is 0 Å². The largest absolute Gasteiger partial charge is 0.478 e. The average Bonchev–Trinajstić information content (AvgIpc) is 3.18. The molecular formula is C33H33ClN2O3. The van der Waals surface area contributed by atoms with Crippen molar-refractivity contribution in [2.45, 2.75) is 59.3 Å². The zero-order valence-corrected chi connectivity index (χ0v) is 23.5. The Kier molecular flexibility index (Phi) is 7.72. The summed E-state index contributed by atoms with van der Waals surface area (Å²) < 4.78 is 5.56. The van der Waals surface area contributed by atoms with E-state index in [1.807, 2.05) is 38.1 Å². The van der Waals surface area contributed by atoms with Crippen molar-refractivity contribution in [3.8, 4) is 0 Å². The van der Waals surface area contributed by atoms with E-state index in [-0.39, 0.29) is 17.4 Å². The predicted molar refractivity (Wildman–Crippen MR) is 155 cm³/mol. The molecule has 2 aliphatic carbocycles. The minimum atomic E-state index is -0.964. The lowest BCUT2D eigenvalue weighted by atomic mass is 9.78. The third-order valence-electron chi connectivity index (χ3n) is 8.03. The number of rotatable bonds is 5. The average molecular weight is 541 g/mol. The molecule has 2 atom stereocenters. The van der Waals surface area contributed by atoms with Gasteiger partial charge in [-0.2, -0.15) is 0 Å². The summed E-state index contributed by atoms with van der Waals surface area (Å²) in [5.74, 6) is 0.177. The maximum Gasteiger partial charge on any atom is 0.337 e. The molecule has 0 amide bonds. The lowest BCUT2D eigenvalue weighted by molar-refractivity contribution is 0.0696. The Labute approximate surface area is 234 Å². The summed E-state index contributed by atoms with van der Waals surface area (Å²) in [5, 5.41) is 14.4. The molecule has 1 aromatic carbocycles. The molecule has 3 aromatic rings. The molecule has 39 heavy (non-hydrogen) atoms. The van der Waals surface area contributed by atoms with Gasteiger partial charge in [-0.3, -0.25) is 4.98 Å². The van der Waals surface area contributed by atoms with Crippen molar-refractivity contribution in [2.75, 3.05) is 0 Å². The van der Waals surface area contributed by atoms with Crippen molar-refractivity contribution in [3.05, 3.63) is 122 Å². The standard InChI is InChI=1S/C33H33ClN2O3/c1-19-9-12-27-20(2)28(31-14-11-25(18-35-31)33(37)38)13-10-23(16-24-7-5-6-8-30(24)34)29(27)17-26(15-19)32-21(3)36-39-22(32)4/h5-8,10-11,14-15,17-18,20,28H,9,12-13,16H2,1-4H3,(H,37,38). The number of benzene rings is 1. The maximum atomic E-state index is 11.4. The Bertz CT molecular complexity index is 1520. The van der Waals surface area contributed by atoms with Crippen LogP contribution in [0.1, 0.15) is 77.7 Å². The lowest BCUT2D eigenvalue weighted by Crippen LogP contribution is -2.15. The molecule has 200 valence electrons. The van der Waals surface area contributed by atoms with Crippen molar-refractivity contribution >= 4 is 23.1 Å². The number of nitrogens with zero attached hydrogens (tertiary/aromatic N) is 2. The van der Waals surface area contributed by atoms with Gasteiger partial charge < -0.3 is 9.63 Å². The molecule has 0 fully saturated rings. The van der Waals surface area contributed by atoms with E-state index in [1.165, 1.54) is 28.5 Å². The van der Waals surface area contributed by atoms with Crippen LogP contribution in [-0.4, -0.2) is 21.2 Å². The fourth-order valence-corrected chi connectivity index (χ4v) is 6.08. The maximum absolute atomic E-state index is 11.4. The number of carboxylic acid groups (broad SMARTS) is 1. The Morgan fingerprint density at radius 1 is 1.10 bits per heavy atom. The molecular weight excluding hydrogens is 508 g/mol. The number of carbonyl (C=O) groups is 1. The highest BCUT2D eigenvalue weighted by Crippen LogP contribution is 2.44. The summed E-state index contributed by atoms with van der Waals surface area (Å²) in [6, 6.07) is 11.6. The minimum absolute atomic E-state index is 0.126. The van der Waals surface area contributed by atoms with Gasteiger partial charge in [0.25, 0.3) is 0 Å². The minimum Gasteiger partial charge on any atom is -0.478 e. The number of aryl methyl sites for hydroxylation is 2. The summed E-state index contributed by atoms with van der Waals surface area (Å²) in [6.45, 7) is 8.42. The summed E-state index contributed by atoms with van der Waals surface area (Å²) >= 11 is 6.64. The predicted octanol–water partition coefficient (Wildman–Crippen LogP) is 8.45. The van der Waals surface area contributed by atoms with E-state index in [2.05, 4.69) is 48.3 Å². The van der Waals surface area contributed by atoms with E-state index in [0.717, 1.165) is 64.6 Å². The molecule has 0 radical (unpaired) electrons. The normalized spacial score (nSPS) is 19.8. The van der Waals surface area contributed by atoms with Gasteiger partial charge in [0.1, 0.15) is 5.76 Å². The van der Waals surface area contributed by atoms with Gasteiger partial charge >= 0.3 is 5.97 Å². The quantitative estimate of drug-likeness (QED) is 0.351. The van der Waals surface area contributed by atoms with Crippen LogP contribution in [0.5, 0.6) is 0 Å². The molecule has 1 N–H and O–H groups in total. The van der Waals surface area contributed by atoms with Crippen LogP contribution in [-0.2, 0) is 6.42 Å². The monoisotopic (exact) mass is 540 g/mol. The molecule has 0 saturated carbocycles. The number of hydrogen-bond acceptors (Lipinski definition) is 4. The number of aromatic carboxylic acids is 1. The molecule has 2 heterocycles. The second-order valence-electron chi connectivity index (χ2n) is 10.6. The summed E-state index contributed by atoms with van der Waals surface area (Å²) in [6.07, 6.45) is 11.8. The number of carboxylic acids is 1. The van der Waals surface area contributed by atoms with E-state index < -0.39 is 5.97 Å². The Balaban J connectivity index is 1.68. The van der Waals surface area contributed by atoms with E-state index in [0.29, 0.717) is 0 Å². The van der Waals surface area contributed by atoms with Crippen molar-refractivity contribution in [1.82, 2.24) is 10.1 Å². The van der Waals surface area contributed by atoms with E-state index in [1.54, 1.807) is 6.07 Å². The molecule has 2 unspecified atom stereocenters. The topological polar surface area (TPSA) is 76.2 Å². The molecule has 0 spiro atoms. The molecule has 5 rings (SSSR count). The number of allylic oxidation sites excluding steroid dienone is 8. The van der Waals surface area contributed by atoms with Gasteiger partial charge in [0, 0.05) is 28.4 Å². The third kappa shape index (κ3) is 5.55. The van der Waals surface area contributed by atoms with Gasteiger partial charge in [-0.05, 0) is 98.9 Å². The molecule has 2 aliphatic rings. The van der Waals surface area contributed by atoms with Gasteiger partial charge in [0.2, 0.25) is 0 Å². The molecule has 5 nitrogen and oxygen atoms in total. The SMILES string of the molecule is CC1=CC(c2c(C)noc2C)=CC2=C(CC1)C(C)C(c1ccc(C(=O)O)cn1)CC=C2Cc1ccccc1Cl. The zero-order chi connectivity index (χ0) is 27.7. The van der Waals surface area contributed by atoms with Gasteiger partial charge in [-0.25, -0.2) is 4.79 Å². The molecule has 0 bridgehead atoms. The first-order chi connectivity index (χ1) is 18.7. The number of aromatic nitrogens is 2. The summed E-state index contributed by atoms with van der Waals surface area (Å²) in [7, 11) is 0. The second-order valence-corrected chi connectivity index (χ2v) is 11.0. The van der Waals surface area contributed by atoms with Crippen molar-refractivity contribution < 1.29 is 14.4 Å². The smallest absolute Gasteiger partial charge is 0.337 e. The Hall–Kier alpha value is -3.70. The van der Waals surface area contributed by atoms with Gasteiger partial charge in [-0.1, -0.05) is 65.2 Å². The van der Waals surface area contributed by atoms with Crippen LogP contribution >= 0.6 is 11.6 Å². The van der Waals surface area contributed by atoms with E-state index in [9.17, 15) is 9.90 Å². The lowest BCUT2D eigenvalue weighted by Gasteiger charge is -2.27. The highest BCUT2D eigenvalue weighted by Gasteiger charge is 2.30. The molecule has 0 aliphatic heterocycles. The fourth-order valence-electron chi connectivity index (χ4n) is 5.87. The first kappa shape index (κ1) is 26.9. The van der Waals surface area contributed by atoms with Crippen LogP contribution in [0, 0.1) is 19.8 Å². The van der Waals surface area contributed by atoms with E-state index in [4.69, 9.17) is 16.1 Å². The van der Waals surface area contributed by atoms with E-state index >= 15 is 0 Å². The van der Waals surface area contributed by atoms with Crippen molar-refractivity contribution in [3.63, 3.8) is 0 Å². The molecule has 6 heteroatoms. The van der Waals surface area contributed by atoms with Crippen LogP contribution in [0.15, 0.2) is 87.6 Å². The number of halogens is 1.